The van der Waals surface area contributed by atoms with E-state index in [2.05, 4.69) is 10.3 Å². The first-order chi connectivity index (χ1) is 12.5. The predicted octanol–water partition coefficient (Wildman–Crippen LogP) is 3.32. The monoisotopic (exact) mass is 354 g/mol. The van der Waals surface area contributed by atoms with E-state index in [-0.39, 0.29) is 11.8 Å². The lowest BCUT2D eigenvalue weighted by Crippen LogP contribution is -2.45. The fourth-order valence-electron chi connectivity index (χ4n) is 2.63. The molecule has 2 rings (SSSR count). The van der Waals surface area contributed by atoms with Gasteiger partial charge in [-0.2, -0.15) is 0 Å². The molecule has 5 nitrogen and oxygen atoms in total. The van der Waals surface area contributed by atoms with Crippen molar-refractivity contribution in [3.8, 4) is 0 Å². The van der Waals surface area contributed by atoms with Crippen LogP contribution in [0.15, 0.2) is 48.8 Å². The fourth-order valence-corrected chi connectivity index (χ4v) is 2.63. The van der Waals surface area contributed by atoms with Crippen LogP contribution in [0.3, 0.4) is 0 Å². The second kappa shape index (κ2) is 9.70. The van der Waals surface area contributed by atoms with E-state index in [9.17, 15) is 9.59 Å². The highest BCUT2D eigenvalue weighted by molar-refractivity contribution is 5.98. The Morgan fingerprint density at radius 1 is 1.15 bits per heavy atom. The number of amides is 1. The summed E-state index contributed by atoms with van der Waals surface area (Å²) in [4.78, 5) is 28.9. The third kappa shape index (κ3) is 5.69. The van der Waals surface area contributed by atoms with E-state index < -0.39 is 12.0 Å². The summed E-state index contributed by atoms with van der Waals surface area (Å²) in [6, 6.07) is 10.5. The number of aryl methyl sites for hydroxylation is 2. The molecule has 2 aromatic rings. The molecule has 0 saturated heterocycles. The Kier molecular flexibility index (Phi) is 7.33. The van der Waals surface area contributed by atoms with Crippen molar-refractivity contribution in [2.24, 2.45) is 5.92 Å². The highest BCUT2D eigenvalue weighted by atomic mass is 16.5. The average Bonchev–Trinajstić information content (AvgIpc) is 2.64. The molecule has 26 heavy (non-hydrogen) atoms. The number of pyridine rings is 1. The summed E-state index contributed by atoms with van der Waals surface area (Å²) in [5.41, 5.74) is 2.55. The predicted molar refractivity (Wildman–Crippen MR) is 101 cm³/mol. The molecule has 138 valence electrons. The van der Waals surface area contributed by atoms with E-state index in [1.165, 1.54) is 0 Å². The number of benzene rings is 1. The molecule has 1 amide bonds. The second-order valence-corrected chi connectivity index (χ2v) is 6.64. The minimum absolute atomic E-state index is 0.0613. The molecule has 0 aliphatic carbocycles. The van der Waals surface area contributed by atoms with Crippen LogP contribution in [0.25, 0.3) is 0 Å². The number of ether oxygens (including phenoxy) is 1. The molecule has 0 fully saturated rings. The van der Waals surface area contributed by atoms with Gasteiger partial charge in [-0.1, -0.05) is 38.1 Å². The number of carbonyl (C=O) groups is 2. The maximum Gasteiger partial charge on any atom is 0.328 e. The van der Waals surface area contributed by atoms with E-state index >= 15 is 0 Å². The molecule has 1 aromatic carbocycles. The van der Waals surface area contributed by atoms with Crippen molar-refractivity contribution in [2.75, 3.05) is 6.61 Å². The lowest BCUT2D eigenvalue weighted by atomic mass is 10.0. The first-order valence-electron chi connectivity index (χ1n) is 8.91. The Labute approximate surface area is 154 Å². The van der Waals surface area contributed by atoms with Crippen molar-refractivity contribution >= 4 is 11.9 Å². The van der Waals surface area contributed by atoms with E-state index in [1.54, 1.807) is 18.5 Å². The number of carbonyl (C=O) groups excluding carboxylic acids is 2. The van der Waals surface area contributed by atoms with Gasteiger partial charge < -0.3 is 10.1 Å². The molecule has 1 atom stereocenters. The third-order valence-electron chi connectivity index (χ3n) is 4.17. The van der Waals surface area contributed by atoms with Gasteiger partial charge in [0.15, 0.2) is 0 Å². The summed E-state index contributed by atoms with van der Waals surface area (Å²) in [5.74, 6) is -0.712. The Morgan fingerprint density at radius 2 is 1.92 bits per heavy atom. The second-order valence-electron chi connectivity index (χ2n) is 6.64. The van der Waals surface area contributed by atoms with E-state index in [1.807, 2.05) is 51.1 Å². The van der Waals surface area contributed by atoms with E-state index in [0.29, 0.717) is 18.6 Å². The topological polar surface area (TPSA) is 68.3 Å². The molecule has 0 radical (unpaired) electrons. The Hall–Kier alpha value is -2.69. The van der Waals surface area contributed by atoms with Crippen molar-refractivity contribution in [3.05, 3.63) is 65.5 Å². The molecule has 1 N–H and O–H groups in total. The smallest absolute Gasteiger partial charge is 0.328 e. The number of hydrogen-bond donors (Lipinski definition) is 1. The van der Waals surface area contributed by atoms with Gasteiger partial charge in [-0.15, -0.1) is 0 Å². The zero-order valence-corrected chi connectivity index (χ0v) is 15.6. The number of nitrogens with one attached hydrogen (secondary N) is 1. The molecule has 1 unspecified atom stereocenters. The van der Waals surface area contributed by atoms with Crippen LogP contribution in [0.2, 0.25) is 0 Å². The number of nitrogens with zero attached hydrogens (tertiary/aromatic N) is 1. The molecular formula is C21H26N2O3. The summed E-state index contributed by atoms with van der Waals surface area (Å²) >= 11 is 0. The van der Waals surface area contributed by atoms with Crippen LogP contribution in [0.4, 0.5) is 0 Å². The first-order valence-corrected chi connectivity index (χ1v) is 8.91. The molecule has 0 spiro atoms. The van der Waals surface area contributed by atoms with Crippen LogP contribution in [0, 0.1) is 12.8 Å². The molecular weight excluding hydrogens is 328 g/mol. The van der Waals surface area contributed by atoms with Crippen LogP contribution in [-0.2, 0) is 16.0 Å². The van der Waals surface area contributed by atoms with Gasteiger partial charge in [0.1, 0.15) is 6.04 Å². The summed E-state index contributed by atoms with van der Waals surface area (Å²) in [6.45, 7) is 5.96. The van der Waals surface area contributed by atoms with Crippen molar-refractivity contribution < 1.29 is 14.3 Å². The number of esters is 1. The Bertz CT molecular complexity index is 729. The van der Waals surface area contributed by atoms with Crippen molar-refractivity contribution in [1.82, 2.24) is 10.3 Å². The molecule has 1 aromatic heterocycles. The van der Waals surface area contributed by atoms with Gasteiger partial charge in [0.25, 0.3) is 5.91 Å². The van der Waals surface area contributed by atoms with Gasteiger partial charge in [-0.3, -0.25) is 9.78 Å². The lowest BCUT2D eigenvalue weighted by Gasteiger charge is -2.21. The summed E-state index contributed by atoms with van der Waals surface area (Å²) in [7, 11) is 0. The van der Waals surface area contributed by atoms with Gasteiger partial charge in [-0.05, 0) is 48.9 Å². The van der Waals surface area contributed by atoms with Crippen LogP contribution < -0.4 is 5.32 Å². The van der Waals surface area contributed by atoms with Crippen molar-refractivity contribution in [3.63, 3.8) is 0 Å². The maximum atomic E-state index is 12.5. The van der Waals surface area contributed by atoms with Gasteiger partial charge in [0, 0.05) is 18.0 Å². The van der Waals surface area contributed by atoms with Gasteiger partial charge in [0.2, 0.25) is 0 Å². The van der Waals surface area contributed by atoms with Crippen LogP contribution in [0.1, 0.15) is 41.8 Å². The SMILES string of the molecule is Cc1ccccc1C(=O)NC(C(=O)OCCCc1cccnc1)C(C)C. The third-order valence-corrected chi connectivity index (χ3v) is 4.17. The summed E-state index contributed by atoms with van der Waals surface area (Å²) in [5, 5.41) is 2.81. The van der Waals surface area contributed by atoms with Crippen LogP contribution in [-0.4, -0.2) is 29.5 Å². The molecule has 0 aliphatic rings. The van der Waals surface area contributed by atoms with Crippen molar-refractivity contribution in [2.45, 2.75) is 39.7 Å². The zero-order valence-electron chi connectivity index (χ0n) is 15.6. The van der Waals surface area contributed by atoms with Gasteiger partial charge in [0.05, 0.1) is 6.61 Å². The molecule has 0 saturated carbocycles. The zero-order chi connectivity index (χ0) is 18.9. The normalized spacial score (nSPS) is 11.8. The summed E-state index contributed by atoms with van der Waals surface area (Å²) < 4.78 is 5.38. The minimum Gasteiger partial charge on any atom is -0.464 e. The van der Waals surface area contributed by atoms with Gasteiger partial charge >= 0.3 is 5.97 Å². The number of rotatable bonds is 8. The van der Waals surface area contributed by atoms with E-state index in [4.69, 9.17) is 4.74 Å². The minimum atomic E-state index is -0.666. The number of hydrogen-bond acceptors (Lipinski definition) is 4. The highest BCUT2D eigenvalue weighted by Gasteiger charge is 2.26. The maximum absolute atomic E-state index is 12.5. The highest BCUT2D eigenvalue weighted by Crippen LogP contribution is 2.10. The Balaban J connectivity index is 1.87. The van der Waals surface area contributed by atoms with Crippen LogP contribution >= 0.6 is 0 Å². The molecule has 1 heterocycles. The Morgan fingerprint density at radius 3 is 2.58 bits per heavy atom. The average molecular weight is 354 g/mol. The largest absolute Gasteiger partial charge is 0.464 e. The van der Waals surface area contributed by atoms with Gasteiger partial charge in [-0.25, -0.2) is 4.79 Å². The van der Waals surface area contributed by atoms with Crippen LogP contribution in [0.5, 0.6) is 0 Å². The quantitative estimate of drug-likeness (QED) is 0.583. The van der Waals surface area contributed by atoms with Crippen molar-refractivity contribution in [1.29, 1.82) is 0 Å². The first kappa shape index (κ1) is 19.6. The fraction of sp³-hybridized carbons (Fsp3) is 0.381. The standard InChI is InChI=1S/C21H26N2O3/c1-15(2)19(23-20(24)18-11-5-4-8-16(18)3)21(25)26-13-7-10-17-9-6-12-22-14-17/h4-6,8-9,11-12,14-15,19H,7,10,13H2,1-3H3,(H,23,24). The molecule has 5 heteroatoms. The van der Waals surface area contributed by atoms with E-state index in [0.717, 1.165) is 17.5 Å². The lowest BCUT2D eigenvalue weighted by molar-refractivity contribution is -0.147. The molecule has 0 aliphatic heterocycles. The summed E-state index contributed by atoms with van der Waals surface area (Å²) in [6.07, 6.45) is 5.05. The molecule has 0 bridgehead atoms. The number of aromatic nitrogens is 1.